The number of aliphatic hydroxyl groups excluding tert-OH is 1. The second kappa shape index (κ2) is 3.10. The van der Waals surface area contributed by atoms with Crippen LogP contribution in [-0.4, -0.2) is 40.9 Å². The number of rotatable bonds is 0. The Morgan fingerprint density at radius 2 is 2.08 bits per heavy atom. The molecule has 1 amide bonds. The minimum Gasteiger partial charge on any atom is -0.383 e. The lowest BCUT2D eigenvalue weighted by Crippen LogP contribution is -2.38. The van der Waals surface area contributed by atoms with E-state index in [1.165, 1.54) is 4.90 Å². The molecule has 4 nitrogen and oxygen atoms in total. The maximum absolute atomic E-state index is 11.6. The van der Waals surface area contributed by atoms with Crippen LogP contribution in [0.3, 0.4) is 0 Å². The molecule has 1 fully saturated rings. The highest BCUT2D eigenvalue weighted by Crippen LogP contribution is 2.19. The lowest BCUT2D eigenvalue weighted by atomic mass is 9.95. The number of likely N-dealkylation sites (tertiary alicyclic amines) is 1. The van der Waals surface area contributed by atoms with Crippen molar-refractivity contribution in [1.82, 2.24) is 4.90 Å². The number of aliphatic hydroxyl groups is 1. The second-order valence-electron chi connectivity index (χ2n) is 4.42. The van der Waals surface area contributed by atoms with Gasteiger partial charge in [0.25, 0.3) is 0 Å². The van der Waals surface area contributed by atoms with Crippen molar-refractivity contribution in [3.63, 3.8) is 0 Å². The molecule has 13 heavy (non-hydrogen) atoms. The van der Waals surface area contributed by atoms with Gasteiger partial charge in [-0.05, 0) is 0 Å². The van der Waals surface area contributed by atoms with Crippen LogP contribution in [-0.2, 0) is 9.59 Å². The molecule has 1 atom stereocenters. The Bertz CT molecular complexity index is 242. The van der Waals surface area contributed by atoms with E-state index in [1.54, 1.807) is 20.8 Å². The summed E-state index contributed by atoms with van der Waals surface area (Å²) in [5.41, 5.74) is -0.482. The molecule has 0 aliphatic carbocycles. The predicted molar refractivity (Wildman–Crippen MR) is 47.0 cm³/mol. The molecule has 0 bridgehead atoms. The van der Waals surface area contributed by atoms with Crippen molar-refractivity contribution in [2.45, 2.75) is 26.9 Å². The SMILES string of the molecule is CC(C)(C)C(=O)N1CC(=O)[C@@H](O)C1. The zero-order chi connectivity index (χ0) is 10.2. The average Bonchev–Trinajstić information content (AvgIpc) is 2.29. The zero-order valence-electron chi connectivity index (χ0n) is 8.20. The highest BCUT2D eigenvalue weighted by Gasteiger charge is 2.36. The fraction of sp³-hybridized carbons (Fsp3) is 0.778. The first-order chi connectivity index (χ1) is 5.82. The molecule has 74 valence electrons. The van der Waals surface area contributed by atoms with Crippen molar-refractivity contribution in [2.75, 3.05) is 13.1 Å². The van der Waals surface area contributed by atoms with Crippen LogP contribution in [0.2, 0.25) is 0 Å². The zero-order valence-corrected chi connectivity index (χ0v) is 8.20. The number of carbonyl (C=O) groups is 2. The van der Waals surface area contributed by atoms with Gasteiger partial charge in [-0.25, -0.2) is 0 Å². The Morgan fingerprint density at radius 1 is 1.54 bits per heavy atom. The summed E-state index contributed by atoms with van der Waals surface area (Å²) in [5, 5.41) is 9.14. The lowest BCUT2D eigenvalue weighted by Gasteiger charge is -2.24. The number of hydrogen-bond donors (Lipinski definition) is 1. The van der Waals surface area contributed by atoms with E-state index in [4.69, 9.17) is 5.11 Å². The van der Waals surface area contributed by atoms with E-state index < -0.39 is 11.5 Å². The molecule has 0 unspecified atom stereocenters. The summed E-state index contributed by atoms with van der Waals surface area (Å²) in [6, 6.07) is 0. The number of ketones is 1. The minimum atomic E-state index is -0.980. The van der Waals surface area contributed by atoms with E-state index in [0.717, 1.165) is 0 Å². The molecule has 1 rings (SSSR count). The molecule has 0 radical (unpaired) electrons. The standard InChI is InChI=1S/C9H15NO3/c1-9(2,3)8(13)10-4-6(11)7(12)5-10/h6,11H,4-5H2,1-3H3/t6-/m0/s1. The summed E-state index contributed by atoms with van der Waals surface area (Å²) in [7, 11) is 0. The first-order valence-corrected chi connectivity index (χ1v) is 4.32. The molecular formula is C9H15NO3. The largest absolute Gasteiger partial charge is 0.383 e. The molecule has 0 saturated carbocycles. The maximum atomic E-state index is 11.6. The third kappa shape index (κ3) is 2.06. The fourth-order valence-electron chi connectivity index (χ4n) is 1.30. The van der Waals surface area contributed by atoms with Crippen LogP contribution >= 0.6 is 0 Å². The van der Waals surface area contributed by atoms with Crippen molar-refractivity contribution >= 4 is 11.7 Å². The summed E-state index contributed by atoms with van der Waals surface area (Å²) in [5.74, 6) is -0.352. The molecule has 1 heterocycles. The van der Waals surface area contributed by atoms with E-state index in [0.29, 0.717) is 0 Å². The summed E-state index contributed by atoms with van der Waals surface area (Å²) in [6.07, 6.45) is -0.980. The fourth-order valence-corrected chi connectivity index (χ4v) is 1.30. The van der Waals surface area contributed by atoms with Crippen molar-refractivity contribution in [1.29, 1.82) is 0 Å². The first-order valence-electron chi connectivity index (χ1n) is 4.32. The third-order valence-electron chi connectivity index (χ3n) is 2.04. The van der Waals surface area contributed by atoms with E-state index in [1.807, 2.05) is 0 Å². The molecule has 1 aliphatic heterocycles. The summed E-state index contributed by atoms with van der Waals surface area (Å²) < 4.78 is 0. The number of hydrogen-bond acceptors (Lipinski definition) is 3. The molecule has 0 aromatic heterocycles. The average molecular weight is 185 g/mol. The van der Waals surface area contributed by atoms with Crippen LogP contribution in [0, 0.1) is 5.41 Å². The van der Waals surface area contributed by atoms with Gasteiger partial charge in [0.2, 0.25) is 5.91 Å². The topological polar surface area (TPSA) is 57.6 Å². The summed E-state index contributed by atoms with van der Waals surface area (Å²) >= 11 is 0. The Morgan fingerprint density at radius 3 is 2.38 bits per heavy atom. The van der Waals surface area contributed by atoms with Crippen molar-refractivity contribution in [3.8, 4) is 0 Å². The Kier molecular flexibility index (Phi) is 2.43. The Labute approximate surface area is 77.5 Å². The smallest absolute Gasteiger partial charge is 0.228 e. The van der Waals surface area contributed by atoms with Gasteiger partial charge >= 0.3 is 0 Å². The van der Waals surface area contributed by atoms with Crippen LogP contribution < -0.4 is 0 Å². The molecule has 1 N–H and O–H groups in total. The number of Topliss-reactive ketones (excluding diaryl/α,β-unsaturated/α-hetero) is 1. The molecule has 1 saturated heterocycles. The first kappa shape index (κ1) is 10.2. The maximum Gasteiger partial charge on any atom is 0.228 e. The summed E-state index contributed by atoms with van der Waals surface area (Å²) in [4.78, 5) is 24.0. The highest BCUT2D eigenvalue weighted by molar-refractivity contribution is 5.93. The lowest BCUT2D eigenvalue weighted by molar-refractivity contribution is -0.139. The van der Waals surface area contributed by atoms with Gasteiger partial charge in [0.15, 0.2) is 5.78 Å². The number of amides is 1. The molecule has 0 aromatic rings. The van der Waals surface area contributed by atoms with Crippen LogP contribution in [0.1, 0.15) is 20.8 Å². The van der Waals surface area contributed by atoms with Crippen LogP contribution in [0.25, 0.3) is 0 Å². The molecular weight excluding hydrogens is 170 g/mol. The quantitative estimate of drug-likeness (QED) is 0.569. The molecule has 0 aromatic carbocycles. The minimum absolute atomic E-state index is 0.0528. The Hall–Kier alpha value is -0.900. The van der Waals surface area contributed by atoms with Gasteiger partial charge in [0.1, 0.15) is 6.10 Å². The van der Waals surface area contributed by atoms with E-state index in [2.05, 4.69) is 0 Å². The van der Waals surface area contributed by atoms with Gasteiger partial charge in [-0.3, -0.25) is 9.59 Å². The van der Waals surface area contributed by atoms with E-state index >= 15 is 0 Å². The van der Waals surface area contributed by atoms with Gasteiger partial charge in [-0.1, -0.05) is 20.8 Å². The Balaban J connectivity index is 2.67. The van der Waals surface area contributed by atoms with Crippen LogP contribution in [0.15, 0.2) is 0 Å². The van der Waals surface area contributed by atoms with Crippen LogP contribution in [0.4, 0.5) is 0 Å². The molecule has 0 spiro atoms. The number of nitrogens with zero attached hydrogens (tertiary/aromatic N) is 1. The number of carbonyl (C=O) groups excluding carboxylic acids is 2. The van der Waals surface area contributed by atoms with Gasteiger partial charge in [0, 0.05) is 5.41 Å². The second-order valence-corrected chi connectivity index (χ2v) is 4.42. The van der Waals surface area contributed by atoms with Crippen molar-refractivity contribution in [2.24, 2.45) is 5.41 Å². The van der Waals surface area contributed by atoms with Gasteiger partial charge in [-0.2, -0.15) is 0 Å². The van der Waals surface area contributed by atoms with Crippen molar-refractivity contribution < 1.29 is 14.7 Å². The third-order valence-corrected chi connectivity index (χ3v) is 2.04. The monoisotopic (exact) mass is 185 g/mol. The van der Waals surface area contributed by atoms with Gasteiger partial charge in [-0.15, -0.1) is 0 Å². The molecule has 1 aliphatic rings. The summed E-state index contributed by atoms with van der Waals surface area (Å²) in [6.45, 7) is 5.59. The molecule has 4 heteroatoms. The van der Waals surface area contributed by atoms with Gasteiger partial charge in [0.05, 0.1) is 13.1 Å². The predicted octanol–water partition coefficient (Wildman–Crippen LogP) is -0.195. The normalized spacial score (nSPS) is 23.8. The van der Waals surface area contributed by atoms with Gasteiger partial charge < -0.3 is 10.0 Å². The van der Waals surface area contributed by atoms with Crippen molar-refractivity contribution in [3.05, 3.63) is 0 Å². The highest BCUT2D eigenvalue weighted by atomic mass is 16.3. The van der Waals surface area contributed by atoms with E-state index in [9.17, 15) is 9.59 Å². The van der Waals surface area contributed by atoms with E-state index in [-0.39, 0.29) is 24.8 Å². The van der Waals surface area contributed by atoms with Crippen LogP contribution in [0.5, 0.6) is 0 Å². The number of β-amino-alcohol motifs (C(OH)–C–C–N with tert-alkyl or cyclic N) is 1.